The molecule has 0 unspecified atom stereocenters. The van der Waals surface area contributed by atoms with Crippen LogP contribution < -0.4 is 10.1 Å². The molecule has 0 bridgehead atoms. The SMILES string of the molecule is COc1ccccc1-c1cc(C(F)F)n2ncc(C(=O)NCc3c(Cl)cnn3C)c2n1. The number of rotatable bonds is 6. The third kappa shape index (κ3) is 3.81. The fourth-order valence-electron chi connectivity index (χ4n) is 3.19. The molecule has 0 spiro atoms. The van der Waals surface area contributed by atoms with Gasteiger partial charge < -0.3 is 10.1 Å². The van der Waals surface area contributed by atoms with Crippen LogP contribution in [0, 0.1) is 0 Å². The lowest BCUT2D eigenvalue weighted by Gasteiger charge is -2.11. The number of para-hydroxylation sites is 1. The first-order chi connectivity index (χ1) is 14.9. The number of methoxy groups -OCH3 is 1. The van der Waals surface area contributed by atoms with E-state index in [2.05, 4.69) is 20.5 Å². The lowest BCUT2D eigenvalue weighted by atomic mass is 10.1. The molecule has 11 heteroatoms. The zero-order valence-corrected chi connectivity index (χ0v) is 17.3. The molecule has 4 rings (SSSR count). The summed E-state index contributed by atoms with van der Waals surface area (Å²) in [5.74, 6) is -0.0620. The minimum absolute atomic E-state index is 0.00677. The van der Waals surface area contributed by atoms with Crippen molar-refractivity contribution >= 4 is 23.2 Å². The van der Waals surface area contributed by atoms with E-state index in [9.17, 15) is 13.6 Å². The molecule has 0 radical (unpaired) electrons. The second kappa shape index (κ2) is 8.31. The fraction of sp³-hybridized carbons (Fsp3) is 0.200. The van der Waals surface area contributed by atoms with Crippen molar-refractivity contribution in [3.05, 3.63) is 64.7 Å². The monoisotopic (exact) mass is 446 g/mol. The molecule has 0 aliphatic carbocycles. The molecule has 31 heavy (non-hydrogen) atoms. The summed E-state index contributed by atoms with van der Waals surface area (Å²) in [5.41, 5.74) is 1.03. The molecule has 160 valence electrons. The highest BCUT2D eigenvalue weighted by atomic mass is 35.5. The van der Waals surface area contributed by atoms with Crippen LogP contribution in [-0.4, -0.2) is 37.4 Å². The molecule has 1 N–H and O–H groups in total. The van der Waals surface area contributed by atoms with Crippen molar-refractivity contribution in [2.24, 2.45) is 7.05 Å². The second-order valence-electron chi connectivity index (χ2n) is 6.61. The molecule has 0 aliphatic heterocycles. The first-order valence-corrected chi connectivity index (χ1v) is 9.53. The Kier molecular flexibility index (Phi) is 5.55. The molecule has 3 heterocycles. The Hall–Kier alpha value is -3.53. The van der Waals surface area contributed by atoms with Crippen LogP contribution in [0.25, 0.3) is 16.9 Å². The van der Waals surface area contributed by atoms with Crippen LogP contribution in [0.3, 0.4) is 0 Å². The zero-order chi connectivity index (χ0) is 22.1. The number of fused-ring (bicyclic) bond motifs is 1. The zero-order valence-electron chi connectivity index (χ0n) is 16.5. The van der Waals surface area contributed by atoms with Gasteiger partial charge in [0, 0.05) is 12.6 Å². The minimum atomic E-state index is -2.83. The summed E-state index contributed by atoms with van der Waals surface area (Å²) in [6, 6.07) is 8.14. The summed E-state index contributed by atoms with van der Waals surface area (Å²) in [5, 5.41) is 11.1. The number of ether oxygens (including phenoxy) is 1. The van der Waals surface area contributed by atoms with Gasteiger partial charge >= 0.3 is 0 Å². The Bertz CT molecular complexity index is 1250. The molecule has 0 fully saturated rings. The predicted molar refractivity (Wildman–Crippen MR) is 109 cm³/mol. The van der Waals surface area contributed by atoms with Crippen LogP contribution in [0.2, 0.25) is 5.02 Å². The van der Waals surface area contributed by atoms with Gasteiger partial charge in [-0.25, -0.2) is 18.3 Å². The Morgan fingerprint density at radius 1 is 1.26 bits per heavy atom. The molecule has 8 nitrogen and oxygen atoms in total. The van der Waals surface area contributed by atoms with Crippen LogP contribution in [0.5, 0.6) is 5.75 Å². The Balaban J connectivity index is 1.76. The lowest BCUT2D eigenvalue weighted by Crippen LogP contribution is -2.24. The van der Waals surface area contributed by atoms with Gasteiger partial charge in [0.15, 0.2) is 5.65 Å². The van der Waals surface area contributed by atoms with Gasteiger partial charge in [0.25, 0.3) is 12.3 Å². The van der Waals surface area contributed by atoms with Gasteiger partial charge in [-0.3, -0.25) is 9.48 Å². The van der Waals surface area contributed by atoms with Gasteiger partial charge in [-0.15, -0.1) is 0 Å². The summed E-state index contributed by atoms with van der Waals surface area (Å²) >= 11 is 6.06. The fourth-order valence-corrected chi connectivity index (χ4v) is 3.42. The molecule has 0 aliphatic rings. The molecular formula is C20H17ClF2N6O2. The number of hydrogen-bond donors (Lipinski definition) is 1. The van der Waals surface area contributed by atoms with Crippen LogP contribution in [0.15, 0.2) is 42.7 Å². The largest absolute Gasteiger partial charge is 0.496 e. The van der Waals surface area contributed by atoms with E-state index in [0.717, 1.165) is 4.52 Å². The van der Waals surface area contributed by atoms with Crippen molar-refractivity contribution in [3.63, 3.8) is 0 Å². The highest BCUT2D eigenvalue weighted by Gasteiger charge is 2.22. The maximum absolute atomic E-state index is 13.8. The van der Waals surface area contributed by atoms with E-state index in [0.29, 0.717) is 22.0 Å². The molecule has 3 aromatic heterocycles. The smallest absolute Gasteiger partial charge is 0.280 e. The number of carbonyl (C=O) groups excluding carboxylic acids is 1. The summed E-state index contributed by atoms with van der Waals surface area (Å²) in [7, 11) is 3.17. The van der Waals surface area contributed by atoms with E-state index in [4.69, 9.17) is 16.3 Å². The maximum Gasteiger partial charge on any atom is 0.280 e. The number of hydrogen-bond acceptors (Lipinski definition) is 5. The molecule has 1 aromatic carbocycles. The molecular weight excluding hydrogens is 430 g/mol. The molecule has 0 saturated heterocycles. The predicted octanol–water partition coefficient (Wildman–Crippen LogP) is 3.66. The quantitative estimate of drug-likeness (QED) is 0.488. The van der Waals surface area contributed by atoms with Gasteiger partial charge in [-0.2, -0.15) is 10.2 Å². The van der Waals surface area contributed by atoms with Crippen LogP contribution in [0.1, 0.15) is 28.2 Å². The molecule has 0 saturated carbocycles. The number of alkyl halides is 2. The molecule has 1 amide bonds. The minimum Gasteiger partial charge on any atom is -0.496 e. The van der Waals surface area contributed by atoms with E-state index in [1.165, 1.54) is 30.3 Å². The second-order valence-corrected chi connectivity index (χ2v) is 7.01. The third-order valence-electron chi connectivity index (χ3n) is 4.78. The standard InChI is InChI=1S/C20H17ClF2N6O2/c1-28-16(13(21)9-25-28)10-24-20(30)12-8-26-29-15(18(22)23)7-14(27-19(12)29)11-5-3-4-6-17(11)31-2/h3-9,18H,10H2,1-2H3,(H,24,30). The number of halogens is 3. The third-order valence-corrected chi connectivity index (χ3v) is 5.09. The van der Waals surface area contributed by atoms with Crippen molar-refractivity contribution < 1.29 is 18.3 Å². The number of nitrogens with zero attached hydrogens (tertiary/aromatic N) is 5. The van der Waals surface area contributed by atoms with Crippen molar-refractivity contribution in [3.8, 4) is 17.0 Å². The van der Waals surface area contributed by atoms with E-state index < -0.39 is 12.3 Å². The number of benzene rings is 1. The number of carbonyl (C=O) groups is 1. The van der Waals surface area contributed by atoms with Crippen molar-refractivity contribution in [2.45, 2.75) is 13.0 Å². The summed E-state index contributed by atoms with van der Waals surface area (Å²) in [4.78, 5) is 17.2. The summed E-state index contributed by atoms with van der Waals surface area (Å²) < 4.78 is 35.4. The lowest BCUT2D eigenvalue weighted by molar-refractivity contribution is 0.0951. The van der Waals surface area contributed by atoms with E-state index in [1.54, 1.807) is 31.3 Å². The summed E-state index contributed by atoms with van der Waals surface area (Å²) in [6.45, 7) is 0.0966. The van der Waals surface area contributed by atoms with E-state index >= 15 is 0 Å². The number of amides is 1. The van der Waals surface area contributed by atoms with Crippen LogP contribution >= 0.6 is 11.6 Å². The van der Waals surface area contributed by atoms with Crippen LogP contribution in [0.4, 0.5) is 8.78 Å². The maximum atomic E-state index is 13.8. The van der Waals surface area contributed by atoms with Gasteiger partial charge in [0.05, 0.1) is 42.5 Å². The first-order valence-electron chi connectivity index (χ1n) is 9.15. The number of aryl methyl sites for hydroxylation is 1. The average molecular weight is 447 g/mol. The van der Waals surface area contributed by atoms with Crippen molar-refractivity contribution in [2.75, 3.05) is 7.11 Å². The Morgan fingerprint density at radius 2 is 2.03 bits per heavy atom. The van der Waals surface area contributed by atoms with Gasteiger partial charge in [0.1, 0.15) is 17.0 Å². The Morgan fingerprint density at radius 3 is 2.71 bits per heavy atom. The number of aromatic nitrogens is 5. The van der Waals surface area contributed by atoms with Crippen LogP contribution in [-0.2, 0) is 13.6 Å². The summed E-state index contributed by atoms with van der Waals surface area (Å²) in [6.07, 6.45) is -0.155. The van der Waals surface area contributed by atoms with Gasteiger partial charge in [0.2, 0.25) is 0 Å². The van der Waals surface area contributed by atoms with Gasteiger partial charge in [-0.1, -0.05) is 23.7 Å². The highest BCUT2D eigenvalue weighted by Crippen LogP contribution is 2.32. The topological polar surface area (TPSA) is 86.3 Å². The van der Waals surface area contributed by atoms with Crippen molar-refractivity contribution in [1.82, 2.24) is 29.7 Å². The first kappa shape index (κ1) is 20.7. The average Bonchev–Trinajstić information content (AvgIpc) is 3.34. The van der Waals surface area contributed by atoms with E-state index in [-0.39, 0.29) is 29.1 Å². The Labute approximate surface area is 180 Å². The van der Waals surface area contributed by atoms with Crippen molar-refractivity contribution in [1.29, 1.82) is 0 Å². The molecule has 0 atom stereocenters. The molecule has 4 aromatic rings. The highest BCUT2D eigenvalue weighted by molar-refractivity contribution is 6.31. The number of nitrogens with one attached hydrogen (secondary N) is 1. The van der Waals surface area contributed by atoms with Gasteiger partial charge in [-0.05, 0) is 18.2 Å². The normalized spacial score (nSPS) is 11.3. The van der Waals surface area contributed by atoms with E-state index in [1.807, 2.05) is 0 Å².